The molecule has 6 nitrogen and oxygen atoms in total. The number of hydrogen-bond donors (Lipinski definition) is 1. The normalized spacial score (nSPS) is 18.6. The first kappa shape index (κ1) is 20.1. The maximum Gasteiger partial charge on any atom is 0.308 e. The number of esters is 1. The molecule has 1 amide bonds. The largest absolute Gasteiger partial charge is 0.493 e. The van der Waals surface area contributed by atoms with Gasteiger partial charge in [-0.05, 0) is 31.2 Å². The van der Waals surface area contributed by atoms with E-state index in [1.807, 2.05) is 0 Å². The standard InChI is InChI=1S/C20H19ClFNO5/c1-3-27-17(24)10-16-20(25)23-15-8-7-11(21)9-13(15)18(28-16)12-5-4-6-14(22)19(12)26-2/h4-9,16,18H,3,10H2,1-2H3,(H,23,25). The second kappa shape index (κ2) is 8.58. The number of rotatable bonds is 5. The Morgan fingerprint density at radius 3 is 2.79 bits per heavy atom. The molecule has 2 aromatic carbocycles. The lowest BCUT2D eigenvalue weighted by molar-refractivity contribution is -0.150. The van der Waals surface area contributed by atoms with Gasteiger partial charge in [0.15, 0.2) is 11.6 Å². The maximum absolute atomic E-state index is 14.3. The number of nitrogens with one attached hydrogen (secondary N) is 1. The van der Waals surface area contributed by atoms with Crippen LogP contribution in [-0.2, 0) is 19.1 Å². The summed E-state index contributed by atoms with van der Waals surface area (Å²) in [5.41, 5.74) is 1.35. The highest BCUT2D eigenvalue weighted by molar-refractivity contribution is 6.30. The van der Waals surface area contributed by atoms with Crippen LogP contribution in [0.4, 0.5) is 10.1 Å². The van der Waals surface area contributed by atoms with E-state index in [0.29, 0.717) is 21.8 Å². The van der Waals surface area contributed by atoms with Gasteiger partial charge in [-0.1, -0.05) is 23.7 Å². The minimum absolute atomic E-state index is 0.0114. The molecule has 0 bridgehead atoms. The number of hydrogen-bond acceptors (Lipinski definition) is 5. The summed E-state index contributed by atoms with van der Waals surface area (Å²) >= 11 is 6.14. The molecule has 2 atom stereocenters. The van der Waals surface area contributed by atoms with Crippen LogP contribution in [0.15, 0.2) is 36.4 Å². The van der Waals surface area contributed by atoms with Gasteiger partial charge in [0.1, 0.15) is 12.2 Å². The minimum Gasteiger partial charge on any atom is -0.493 e. The number of ether oxygens (including phenoxy) is 3. The van der Waals surface area contributed by atoms with Crippen molar-refractivity contribution in [3.05, 3.63) is 58.4 Å². The lowest BCUT2D eigenvalue weighted by Gasteiger charge is -2.23. The van der Waals surface area contributed by atoms with Crippen molar-refractivity contribution in [2.45, 2.75) is 25.6 Å². The van der Waals surface area contributed by atoms with E-state index in [1.54, 1.807) is 31.2 Å². The molecule has 1 aliphatic rings. The molecule has 0 saturated heterocycles. The third kappa shape index (κ3) is 4.10. The molecule has 0 spiro atoms. The van der Waals surface area contributed by atoms with Crippen LogP contribution in [0.1, 0.15) is 30.6 Å². The Hall–Kier alpha value is -2.64. The van der Waals surface area contributed by atoms with Gasteiger partial charge in [0, 0.05) is 21.8 Å². The van der Waals surface area contributed by atoms with Crippen molar-refractivity contribution < 1.29 is 28.2 Å². The first-order chi connectivity index (χ1) is 13.4. The highest BCUT2D eigenvalue weighted by Gasteiger charge is 2.35. The van der Waals surface area contributed by atoms with Crippen LogP contribution in [0.5, 0.6) is 5.75 Å². The predicted molar refractivity (Wildman–Crippen MR) is 101 cm³/mol. The number of benzene rings is 2. The van der Waals surface area contributed by atoms with Crippen molar-refractivity contribution >= 4 is 29.2 Å². The summed E-state index contributed by atoms with van der Waals surface area (Å²) < 4.78 is 30.4. The van der Waals surface area contributed by atoms with Crippen molar-refractivity contribution in [1.82, 2.24) is 0 Å². The lowest BCUT2D eigenvalue weighted by Crippen LogP contribution is -2.32. The molecular formula is C20H19ClFNO5. The zero-order valence-corrected chi connectivity index (χ0v) is 16.1. The SMILES string of the molecule is CCOC(=O)CC1OC(c2cccc(F)c2OC)c2cc(Cl)ccc2NC1=O. The molecule has 2 unspecified atom stereocenters. The average molecular weight is 408 g/mol. The molecular weight excluding hydrogens is 389 g/mol. The zero-order valence-electron chi connectivity index (χ0n) is 15.3. The summed E-state index contributed by atoms with van der Waals surface area (Å²) in [6.07, 6.45) is -2.31. The average Bonchev–Trinajstić information content (AvgIpc) is 2.78. The third-order valence-electron chi connectivity index (χ3n) is 4.29. The van der Waals surface area contributed by atoms with Crippen molar-refractivity contribution in [2.75, 3.05) is 19.0 Å². The number of carbonyl (C=O) groups excluding carboxylic acids is 2. The van der Waals surface area contributed by atoms with Gasteiger partial charge in [0.05, 0.1) is 20.1 Å². The van der Waals surface area contributed by atoms with E-state index in [2.05, 4.69) is 5.32 Å². The minimum atomic E-state index is -1.14. The summed E-state index contributed by atoms with van der Waals surface area (Å²) in [6.45, 7) is 1.86. The highest BCUT2D eigenvalue weighted by Crippen LogP contribution is 2.41. The monoisotopic (exact) mass is 407 g/mol. The van der Waals surface area contributed by atoms with E-state index in [-0.39, 0.29) is 18.8 Å². The van der Waals surface area contributed by atoms with E-state index < -0.39 is 29.9 Å². The van der Waals surface area contributed by atoms with Gasteiger partial charge in [-0.3, -0.25) is 9.59 Å². The van der Waals surface area contributed by atoms with E-state index >= 15 is 0 Å². The van der Waals surface area contributed by atoms with Crippen LogP contribution in [0.2, 0.25) is 5.02 Å². The second-order valence-corrected chi connectivity index (χ2v) is 6.53. The highest BCUT2D eigenvalue weighted by atomic mass is 35.5. The van der Waals surface area contributed by atoms with Crippen LogP contribution in [0, 0.1) is 5.82 Å². The first-order valence-electron chi connectivity index (χ1n) is 8.68. The Kier molecular flexibility index (Phi) is 6.16. The van der Waals surface area contributed by atoms with Gasteiger partial charge in [-0.15, -0.1) is 0 Å². The number of carbonyl (C=O) groups is 2. The van der Waals surface area contributed by atoms with E-state index in [0.717, 1.165) is 0 Å². The van der Waals surface area contributed by atoms with Crippen LogP contribution in [-0.4, -0.2) is 31.7 Å². The van der Waals surface area contributed by atoms with E-state index in [4.69, 9.17) is 25.8 Å². The fraction of sp³-hybridized carbons (Fsp3) is 0.300. The molecule has 1 aliphatic heterocycles. The fourth-order valence-corrected chi connectivity index (χ4v) is 3.26. The second-order valence-electron chi connectivity index (χ2n) is 6.10. The Labute approximate surface area is 166 Å². The molecule has 0 aromatic heterocycles. The predicted octanol–water partition coefficient (Wildman–Crippen LogP) is 3.87. The number of amides is 1. The van der Waals surface area contributed by atoms with Crippen molar-refractivity contribution in [3.63, 3.8) is 0 Å². The van der Waals surface area contributed by atoms with Crippen molar-refractivity contribution in [3.8, 4) is 5.75 Å². The molecule has 0 fully saturated rings. The zero-order chi connectivity index (χ0) is 20.3. The summed E-state index contributed by atoms with van der Waals surface area (Å²) in [6, 6.07) is 9.28. The smallest absolute Gasteiger partial charge is 0.308 e. The Balaban J connectivity index is 2.09. The maximum atomic E-state index is 14.3. The van der Waals surface area contributed by atoms with E-state index in [9.17, 15) is 14.0 Å². The quantitative estimate of drug-likeness (QED) is 0.762. The fourth-order valence-electron chi connectivity index (χ4n) is 3.08. The summed E-state index contributed by atoms with van der Waals surface area (Å²) in [5.74, 6) is -1.66. The van der Waals surface area contributed by atoms with Gasteiger partial charge in [-0.25, -0.2) is 4.39 Å². The van der Waals surface area contributed by atoms with E-state index in [1.165, 1.54) is 19.2 Å². The molecule has 8 heteroatoms. The Bertz CT molecular complexity index is 904. The number of halogens is 2. The first-order valence-corrected chi connectivity index (χ1v) is 9.06. The number of methoxy groups -OCH3 is 1. The Morgan fingerprint density at radius 2 is 2.07 bits per heavy atom. The van der Waals surface area contributed by atoms with Crippen LogP contribution >= 0.6 is 11.6 Å². The molecule has 0 saturated carbocycles. The lowest BCUT2D eigenvalue weighted by atomic mass is 9.98. The molecule has 2 aromatic rings. The summed E-state index contributed by atoms with van der Waals surface area (Å²) in [7, 11) is 1.34. The molecule has 0 aliphatic carbocycles. The van der Waals surface area contributed by atoms with Crippen LogP contribution < -0.4 is 10.1 Å². The van der Waals surface area contributed by atoms with Gasteiger partial charge in [-0.2, -0.15) is 0 Å². The third-order valence-corrected chi connectivity index (χ3v) is 4.52. The molecule has 1 heterocycles. The summed E-state index contributed by atoms with van der Waals surface area (Å²) in [5, 5.41) is 3.15. The van der Waals surface area contributed by atoms with Crippen molar-refractivity contribution in [1.29, 1.82) is 0 Å². The van der Waals surface area contributed by atoms with Crippen LogP contribution in [0.3, 0.4) is 0 Å². The topological polar surface area (TPSA) is 73.9 Å². The van der Waals surface area contributed by atoms with Gasteiger partial charge in [0.25, 0.3) is 5.91 Å². The molecule has 1 N–H and O–H groups in total. The Morgan fingerprint density at radius 1 is 1.29 bits per heavy atom. The molecule has 3 rings (SSSR count). The van der Waals surface area contributed by atoms with Crippen LogP contribution in [0.25, 0.3) is 0 Å². The number of fused-ring (bicyclic) bond motifs is 1. The van der Waals surface area contributed by atoms with Gasteiger partial charge < -0.3 is 19.5 Å². The van der Waals surface area contributed by atoms with Gasteiger partial charge >= 0.3 is 5.97 Å². The number of para-hydroxylation sites is 1. The number of anilines is 1. The molecule has 148 valence electrons. The van der Waals surface area contributed by atoms with Crippen molar-refractivity contribution in [2.24, 2.45) is 0 Å². The summed E-state index contributed by atoms with van der Waals surface area (Å²) in [4.78, 5) is 24.5. The van der Waals surface area contributed by atoms with Gasteiger partial charge in [0.2, 0.25) is 0 Å². The molecule has 0 radical (unpaired) electrons. The molecule has 28 heavy (non-hydrogen) atoms.